The van der Waals surface area contributed by atoms with Crippen LogP contribution >= 0.6 is 15.9 Å². The van der Waals surface area contributed by atoms with Crippen molar-refractivity contribution in [3.8, 4) is 10.8 Å². The molecule has 1 N–H and O–H groups in total. The lowest BCUT2D eigenvalue weighted by Crippen LogP contribution is -2.32. The molecule has 6 heteroatoms. The molecule has 0 aliphatic heterocycles. The zero-order valence-corrected chi connectivity index (χ0v) is 8.50. The molecular formula is C7H8BrNO4. The summed E-state index contributed by atoms with van der Waals surface area (Å²) in [4.78, 5) is 24.4. The summed E-state index contributed by atoms with van der Waals surface area (Å²) in [6.07, 6.45) is -0.711. The average Bonchev–Trinajstić information content (AvgIpc) is 2.03. The van der Waals surface area contributed by atoms with Crippen molar-refractivity contribution in [2.24, 2.45) is 0 Å². The maximum atomic E-state index is 10.9. The van der Waals surface area contributed by atoms with Crippen molar-refractivity contribution >= 4 is 28.0 Å². The smallest absolute Gasteiger partial charge is 0.410 e. The Hall–Kier alpha value is -1.22. The van der Waals surface area contributed by atoms with E-state index < -0.39 is 12.1 Å². The van der Waals surface area contributed by atoms with Gasteiger partial charge in [0, 0.05) is 23.0 Å². The molecule has 0 atom stereocenters. The minimum absolute atomic E-state index is 0.0615. The summed E-state index contributed by atoms with van der Waals surface area (Å²) < 4.78 is 4.57. The van der Waals surface area contributed by atoms with Gasteiger partial charge in [-0.15, -0.1) is 0 Å². The molecule has 13 heavy (non-hydrogen) atoms. The fourth-order valence-corrected chi connectivity index (χ4v) is 0.617. The van der Waals surface area contributed by atoms with Gasteiger partial charge in [-0.2, -0.15) is 0 Å². The summed E-state index contributed by atoms with van der Waals surface area (Å²) in [6, 6.07) is 0. The molecule has 0 aromatic rings. The molecule has 0 saturated carbocycles. The molecule has 0 unspecified atom stereocenters. The highest BCUT2D eigenvalue weighted by atomic mass is 79.9. The van der Waals surface area contributed by atoms with Crippen LogP contribution in [0.4, 0.5) is 4.79 Å². The van der Waals surface area contributed by atoms with Crippen LogP contribution in [0.15, 0.2) is 0 Å². The van der Waals surface area contributed by atoms with Gasteiger partial charge in [0.2, 0.25) is 0 Å². The molecule has 72 valence electrons. The Morgan fingerprint density at radius 3 is 2.69 bits per heavy atom. The minimum atomic E-state index is -1.09. The lowest BCUT2D eigenvalue weighted by molar-refractivity contribution is -0.137. The van der Waals surface area contributed by atoms with Crippen molar-refractivity contribution in [1.82, 2.24) is 4.90 Å². The van der Waals surface area contributed by atoms with Gasteiger partial charge in [-0.25, -0.2) is 4.79 Å². The second-order valence-corrected chi connectivity index (χ2v) is 2.47. The standard InChI is InChI=1S/C7H8BrNO4/c1-9(5-6(10)11)7(12)13-4-2-3-8/h4-5H2,1H3,(H,10,11). The van der Waals surface area contributed by atoms with Gasteiger partial charge in [-0.3, -0.25) is 4.79 Å². The molecule has 0 rings (SSSR count). The molecule has 0 spiro atoms. The number of hydrogen-bond donors (Lipinski definition) is 1. The maximum Gasteiger partial charge on any atom is 0.410 e. The molecule has 0 aromatic carbocycles. The number of carbonyl (C=O) groups is 2. The van der Waals surface area contributed by atoms with E-state index in [1.165, 1.54) is 7.05 Å². The average molecular weight is 250 g/mol. The van der Waals surface area contributed by atoms with E-state index in [4.69, 9.17) is 5.11 Å². The normalized spacial score (nSPS) is 8.15. The van der Waals surface area contributed by atoms with Crippen molar-refractivity contribution in [3.63, 3.8) is 0 Å². The molecule has 0 aliphatic rings. The Balaban J connectivity index is 3.80. The van der Waals surface area contributed by atoms with Gasteiger partial charge < -0.3 is 14.7 Å². The van der Waals surface area contributed by atoms with E-state index in [2.05, 4.69) is 31.4 Å². The number of rotatable bonds is 3. The van der Waals surface area contributed by atoms with Crippen molar-refractivity contribution in [2.75, 3.05) is 20.2 Å². The van der Waals surface area contributed by atoms with E-state index in [1.54, 1.807) is 0 Å². The molecule has 0 aromatic heterocycles. The lowest BCUT2D eigenvalue weighted by atomic mass is 10.6. The summed E-state index contributed by atoms with van der Waals surface area (Å²) in [6.45, 7) is -0.450. The van der Waals surface area contributed by atoms with Gasteiger partial charge in [0.15, 0.2) is 6.61 Å². The van der Waals surface area contributed by atoms with Gasteiger partial charge in [0.1, 0.15) is 6.54 Å². The second kappa shape index (κ2) is 6.31. The first-order valence-corrected chi connectivity index (χ1v) is 4.05. The molecule has 0 heterocycles. The van der Waals surface area contributed by atoms with Gasteiger partial charge in [-0.1, -0.05) is 0 Å². The Labute approximate surface area is 83.8 Å². The Kier molecular flexibility index (Phi) is 5.72. The third-order valence-corrected chi connectivity index (χ3v) is 1.30. The van der Waals surface area contributed by atoms with Crippen LogP contribution in [0.2, 0.25) is 0 Å². The first kappa shape index (κ1) is 11.8. The van der Waals surface area contributed by atoms with Gasteiger partial charge >= 0.3 is 12.1 Å². The van der Waals surface area contributed by atoms with E-state index >= 15 is 0 Å². The summed E-state index contributed by atoms with van der Waals surface area (Å²) >= 11 is 2.82. The lowest BCUT2D eigenvalue weighted by Gasteiger charge is -2.12. The van der Waals surface area contributed by atoms with Gasteiger partial charge in [-0.05, 0) is 10.8 Å². The van der Waals surface area contributed by atoms with Crippen LogP contribution in [0.25, 0.3) is 0 Å². The molecule has 0 bridgehead atoms. The van der Waals surface area contributed by atoms with Gasteiger partial charge in [0.05, 0.1) is 0 Å². The van der Waals surface area contributed by atoms with Crippen molar-refractivity contribution in [1.29, 1.82) is 0 Å². The van der Waals surface area contributed by atoms with E-state index in [-0.39, 0.29) is 13.2 Å². The zero-order chi connectivity index (χ0) is 10.3. The van der Waals surface area contributed by atoms with Gasteiger partial charge in [0.25, 0.3) is 0 Å². The number of carboxylic acid groups (broad SMARTS) is 1. The van der Waals surface area contributed by atoms with Crippen molar-refractivity contribution in [2.45, 2.75) is 0 Å². The number of nitrogens with zero attached hydrogens (tertiary/aromatic N) is 1. The molecular weight excluding hydrogens is 242 g/mol. The van der Waals surface area contributed by atoms with Crippen molar-refractivity contribution < 1.29 is 19.4 Å². The number of likely N-dealkylation sites (N-methyl/N-ethyl adjacent to an activating group) is 1. The number of carbonyl (C=O) groups excluding carboxylic acids is 1. The maximum absolute atomic E-state index is 10.9. The summed E-state index contributed by atoms with van der Waals surface area (Å²) in [5, 5.41) is 8.32. The molecule has 1 amide bonds. The van der Waals surface area contributed by atoms with Crippen LogP contribution in [0.5, 0.6) is 0 Å². The highest BCUT2D eigenvalue weighted by Gasteiger charge is 2.11. The number of aliphatic carboxylic acids is 1. The largest absolute Gasteiger partial charge is 0.480 e. The third kappa shape index (κ3) is 5.99. The number of amides is 1. The third-order valence-electron chi connectivity index (χ3n) is 1.02. The summed E-state index contributed by atoms with van der Waals surface area (Å²) in [5.74, 6) is 1.35. The van der Waals surface area contributed by atoms with Crippen LogP contribution in [0, 0.1) is 10.8 Å². The predicted molar refractivity (Wildman–Crippen MR) is 48.3 cm³/mol. The molecule has 0 saturated heterocycles. The topological polar surface area (TPSA) is 66.8 Å². The monoisotopic (exact) mass is 249 g/mol. The van der Waals surface area contributed by atoms with Crippen molar-refractivity contribution in [3.05, 3.63) is 0 Å². The van der Waals surface area contributed by atoms with E-state index in [9.17, 15) is 9.59 Å². The molecule has 5 nitrogen and oxygen atoms in total. The van der Waals surface area contributed by atoms with Crippen LogP contribution in [-0.4, -0.2) is 42.3 Å². The fraction of sp³-hybridized carbons (Fsp3) is 0.429. The number of carboxylic acids is 1. The highest BCUT2D eigenvalue weighted by Crippen LogP contribution is 1.89. The number of hydrogen-bond acceptors (Lipinski definition) is 3. The minimum Gasteiger partial charge on any atom is -0.480 e. The summed E-state index contributed by atoms with van der Waals surface area (Å²) in [5.41, 5.74) is 0. The quantitative estimate of drug-likeness (QED) is 0.740. The zero-order valence-electron chi connectivity index (χ0n) is 6.91. The number of halogens is 1. The van der Waals surface area contributed by atoms with Crippen LogP contribution in [0.3, 0.4) is 0 Å². The highest BCUT2D eigenvalue weighted by molar-refractivity contribution is 9.12. The predicted octanol–water partition coefficient (Wildman–Crippen LogP) is 0.495. The summed E-state index contributed by atoms with van der Waals surface area (Å²) in [7, 11) is 1.33. The second-order valence-electron chi connectivity index (χ2n) is 2.08. The Bertz CT molecular complexity index is 255. The van der Waals surface area contributed by atoms with Crippen LogP contribution in [0.1, 0.15) is 0 Å². The van der Waals surface area contributed by atoms with E-state index in [0.29, 0.717) is 0 Å². The Morgan fingerprint density at radius 2 is 2.23 bits per heavy atom. The SMILES string of the molecule is CN(CC(=O)O)C(=O)OCC#CBr. The van der Waals surface area contributed by atoms with Crippen LogP contribution < -0.4 is 0 Å². The molecule has 0 fully saturated rings. The fourth-order valence-electron chi connectivity index (χ4n) is 0.503. The van der Waals surface area contributed by atoms with E-state index in [1.807, 2.05) is 0 Å². The molecule has 0 aliphatic carbocycles. The van der Waals surface area contributed by atoms with E-state index in [0.717, 1.165) is 4.90 Å². The Morgan fingerprint density at radius 1 is 1.62 bits per heavy atom. The van der Waals surface area contributed by atoms with Crippen LogP contribution in [-0.2, 0) is 9.53 Å². The first-order valence-electron chi connectivity index (χ1n) is 3.26. The molecule has 0 radical (unpaired) electrons. The number of ether oxygens (including phenoxy) is 1. The first-order chi connectivity index (χ1) is 6.07.